The fourth-order valence-electron chi connectivity index (χ4n) is 5.08. The summed E-state index contributed by atoms with van der Waals surface area (Å²) >= 11 is 0. The average Bonchev–Trinajstić information content (AvgIpc) is 3.69. The Morgan fingerprint density at radius 1 is 1.13 bits per heavy atom. The monoisotopic (exact) mass is 514 g/mol. The molecule has 0 radical (unpaired) electrons. The lowest BCUT2D eigenvalue weighted by Gasteiger charge is -2.30. The highest BCUT2D eigenvalue weighted by Crippen LogP contribution is 2.43. The molecule has 0 unspecified atom stereocenters. The largest absolute Gasteiger partial charge is 0.446 e. The Balaban J connectivity index is 1.43. The molecular formula is C30H34N4O4. The van der Waals surface area contributed by atoms with Gasteiger partial charge in [0.1, 0.15) is 12.2 Å². The van der Waals surface area contributed by atoms with Crippen LogP contribution in [-0.2, 0) is 9.47 Å². The van der Waals surface area contributed by atoms with Crippen molar-refractivity contribution in [2.75, 3.05) is 25.6 Å². The van der Waals surface area contributed by atoms with E-state index in [0.717, 1.165) is 60.7 Å². The molecule has 0 aliphatic heterocycles. The molecule has 2 saturated carbocycles. The number of carbonyl (C=O) groups is 2. The summed E-state index contributed by atoms with van der Waals surface area (Å²) in [6.45, 7) is 3.06. The Kier molecular flexibility index (Phi) is 7.66. The first-order chi connectivity index (χ1) is 18.5. The molecule has 2 N–H and O–H groups in total. The first-order valence-corrected chi connectivity index (χ1v) is 13.4. The van der Waals surface area contributed by atoms with Gasteiger partial charge in [0.2, 0.25) is 0 Å². The summed E-state index contributed by atoms with van der Waals surface area (Å²) in [4.78, 5) is 25.1. The number of carbonyl (C=O) groups excluding carboxylic acids is 2. The second-order valence-electron chi connectivity index (χ2n) is 10.3. The van der Waals surface area contributed by atoms with Crippen molar-refractivity contribution >= 4 is 28.6 Å². The van der Waals surface area contributed by atoms with Gasteiger partial charge < -0.3 is 19.4 Å². The highest BCUT2D eigenvalue weighted by Gasteiger charge is 2.31. The van der Waals surface area contributed by atoms with Crippen LogP contribution >= 0.6 is 0 Å². The van der Waals surface area contributed by atoms with Crippen LogP contribution in [0.3, 0.4) is 0 Å². The van der Waals surface area contributed by atoms with Crippen LogP contribution < -0.4 is 10.6 Å². The SMILES string of the molecule is COCCCNC(=O)c1ccc2c(C#N)c(-c3ccc(NC(=O)O[C@H](C)C4CC4)cc3)n(C3CCC3)c2c1. The molecule has 1 atom stereocenters. The van der Waals surface area contributed by atoms with Crippen molar-refractivity contribution < 1.29 is 19.1 Å². The van der Waals surface area contributed by atoms with Crippen LogP contribution in [0.15, 0.2) is 42.5 Å². The Labute approximate surface area is 222 Å². The number of anilines is 1. The van der Waals surface area contributed by atoms with E-state index >= 15 is 0 Å². The molecule has 198 valence electrons. The molecule has 2 aliphatic rings. The molecule has 2 amide bonds. The lowest BCUT2D eigenvalue weighted by Crippen LogP contribution is -2.25. The van der Waals surface area contributed by atoms with Gasteiger partial charge in [-0.05, 0) is 81.2 Å². The van der Waals surface area contributed by atoms with Crippen LogP contribution in [0.4, 0.5) is 10.5 Å². The minimum Gasteiger partial charge on any atom is -0.446 e. The quantitative estimate of drug-likeness (QED) is 0.322. The lowest BCUT2D eigenvalue weighted by atomic mass is 9.92. The van der Waals surface area contributed by atoms with Gasteiger partial charge in [0.15, 0.2) is 0 Å². The molecule has 2 aliphatic carbocycles. The van der Waals surface area contributed by atoms with E-state index in [1.807, 2.05) is 43.3 Å². The summed E-state index contributed by atoms with van der Waals surface area (Å²) in [5.41, 5.74) is 4.44. The molecule has 2 fully saturated rings. The number of nitrogens with one attached hydrogen (secondary N) is 2. The highest BCUT2D eigenvalue weighted by molar-refractivity contribution is 6.01. The van der Waals surface area contributed by atoms with E-state index in [4.69, 9.17) is 9.47 Å². The molecule has 0 spiro atoms. The van der Waals surface area contributed by atoms with E-state index in [-0.39, 0.29) is 18.1 Å². The molecular weight excluding hydrogens is 480 g/mol. The van der Waals surface area contributed by atoms with Crippen LogP contribution in [0.5, 0.6) is 0 Å². The number of nitriles is 1. The first-order valence-electron chi connectivity index (χ1n) is 13.4. The van der Waals surface area contributed by atoms with E-state index in [0.29, 0.717) is 35.9 Å². The molecule has 8 nitrogen and oxygen atoms in total. The third-order valence-electron chi connectivity index (χ3n) is 7.61. The second kappa shape index (κ2) is 11.3. The van der Waals surface area contributed by atoms with Gasteiger partial charge in [-0.1, -0.05) is 18.2 Å². The Bertz CT molecular complexity index is 1360. The Hall–Kier alpha value is -3.83. The van der Waals surface area contributed by atoms with Crippen molar-refractivity contribution in [1.29, 1.82) is 5.26 Å². The average molecular weight is 515 g/mol. The minimum atomic E-state index is -0.452. The number of aromatic nitrogens is 1. The van der Waals surface area contributed by atoms with Gasteiger partial charge in [-0.3, -0.25) is 10.1 Å². The van der Waals surface area contributed by atoms with E-state index < -0.39 is 6.09 Å². The van der Waals surface area contributed by atoms with Crippen molar-refractivity contribution in [2.45, 2.75) is 57.6 Å². The number of fused-ring (bicyclic) bond motifs is 1. The molecule has 0 bridgehead atoms. The summed E-state index contributed by atoms with van der Waals surface area (Å²) in [6.07, 6.45) is 5.62. The third kappa shape index (κ3) is 5.39. The molecule has 0 saturated heterocycles. The number of hydrogen-bond acceptors (Lipinski definition) is 5. The van der Waals surface area contributed by atoms with Gasteiger partial charge in [-0.15, -0.1) is 0 Å². The molecule has 38 heavy (non-hydrogen) atoms. The normalized spacial score (nSPS) is 15.9. The molecule has 1 heterocycles. The maximum absolute atomic E-state index is 12.8. The number of rotatable bonds is 10. The minimum absolute atomic E-state index is 0.0806. The predicted octanol–water partition coefficient (Wildman–Crippen LogP) is 6.02. The summed E-state index contributed by atoms with van der Waals surface area (Å²) in [7, 11) is 1.64. The molecule has 3 aromatic rings. The number of nitrogens with zero attached hydrogens (tertiary/aromatic N) is 2. The third-order valence-corrected chi connectivity index (χ3v) is 7.61. The van der Waals surface area contributed by atoms with Gasteiger partial charge in [-0.2, -0.15) is 5.26 Å². The van der Waals surface area contributed by atoms with E-state index in [9.17, 15) is 14.9 Å². The summed E-state index contributed by atoms with van der Waals surface area (Å²) in [6, 6.07) is 15.8. The maximum atomic E-state index is 12.8. The zero-order valence-corrected chi connectivity index (χ0v) is 22.0. The number of benzene rings is 2. The first kappa shape index (κ1) is 25.8. The van der Waals surface area contributed by atoms with Gasteiger partial charge in [0, 0.05) is 42.9 Å². The number of methoxy groups -OCH3 is 1. The van der Waals surface area contributed by atoms with Crippen molar-refractivity contribution in [3.63, 3.8) is 0 Å². The number of amides is 2. The standard InChI is InChI=1S/C30H34N4O4/c1-19(20-7-8-20)38-30(36)33-23-12-9-21(10-13-23)28-26(18-31)25-14-11-22(29(35)32-15-4-16-37-2)17-27(25)34(28)24-5-3-6-24/h9-14,17,19-20,24H,3-8,15-16H2,1-2H3,(H,32,35)(H,33,36)/t19-/m1/s1. The molecule has 5 rings (SSSR count). The zero-order chi connectivity index (χ0) is 26.6. The van der Waals surface area contributed by atoms with Crippen LogP contribution in [-0.4, -0.2) is 42.9 Å². The summed E-state index contributed by atoms with van der Waals surface area (Å²) in [5, 5.41) is 16.8. The van der Waals surface area contributed by atoms with E-state index in [1.165, 1.54) is 0 Å². The zero-order valence-electron chi connectivity index (χ0n) is 22.0. The highest BCUT2D eigenvalue weighted by atomic mass is 16.6. The van der Waals surface area contributed by atoms with Crippen molar-refractivity contribution in [3.05, 3.63) is 53.6 Å². The summed E-state index contributed by atoms with van der Waals surface area (Å²) in [5.74, 6) is 0.339. The fourth-order valence-corrected chi connectivity index (χ4v) is 5.08. The van der Waals surface area contributed by atoms with Crippen LogP contribution in [0.2, 0.25) is 0 Å². The topological polar surface area (TPSA) is 105 Å². The Morgan fingerprint density at radius 3 is 2.53 bits per heavy atom. The Morgan fingerprint density at radius 2 is 1.89 bits per heavy atom. The molecule has 2 aromatic carbocycles. The van der Waals surface area contributed by atoms with Gasteiger partial charge in [-0.25, -0.2) is 4.79 Å². The van der Waals surface area contributed by atoms with Crippen LogP contribution in [0.1, 0.15) is 67.4 Å². The van der Waals surface area contributed by atoms with Crippen molar-refractivity contribution in [1.82, 2.24) is 9.88 Å². The van der Waals surface area contributed by atoms with E-state index in [2.05, 4.69) is 21.3 Å². The van der Waals surface area contributed by atoms with Gasteiger partial charge in [0.05, 0.1) is 16.8 Å². The van der Waals surface area contributed by atoms with Gasteiger partial charge >= 0.3 is 6.09 Å². The van der Waals surface area contributed by atoms with Gasteiger partial charge in [0.25, 0.3) is 5.91 Å². The maximum Gasteiger partial charge on any atom is 0.411 e. The summed E-state index contributed by atoms with van der Waals surface area (Å²) < 4.78 is 12.8. The number of hydrogen-bond donors (Lipinski definition) is 2. The lowest BCUT2D eigenvalue weighted by molar-refractivity contribution is 0.0948. The van der Waals surface area contributed by atoms with Crippen LogP contribution in [0.25, 0.3) is 22.2 Å². The number of ether oxygens (including phenoxy) is 2. The van der Waals surface area contributed by atoms with Crippen molar-refractivity contribution in [3.8, 4) is 17.3 Å². The second-order valence-corrected chi connectivity index (χ2v) is 10.3. The fraction of sp³-hybridized carbons (Fsp3) is 0.433. The van der Waals surface area contributed by atoms with Crippen molar-refractivity contribution in [2.24, 2.45) is 5.92 Å². The van der Waals surface area contributed by atoms with E-state index in [1.54, 1.807) is 13.2 Å². The smallest absolute Gasteiger partial charge is 0.411 e. The molecule has 8 heteroatoms. The van der Waals surface area contributed by atoms with Crippen LogP contribution in [0, 0.1) is 17.2 Å². The molecule has 1 aromatic heterocycles. The predicted molar refractivity (Wildman–Crippen MR) is 146 cm³/mol.